The minimum absolute atomic E-state index is 0.228. The van der Waals surface area contributed by atoms with Crippen LogP contribution in [-0.2, 0) is 24.3 Å². The summed E-state index contributed by atoms with van der Waals surface area (Å²) in [6.45, 7) is 2.65. The van der Waals surface area contributed by atoms with Gasteiger partial charge in [-0.05, 0) is 6.92 Å². The number of hydrogen-bond donors (Lipinski definition) is 1. The van der Waals surface area contributed by atoms with Gasteiger partial charge in [-0.25, -0.2) is 13.2 Å². The fourth-order valence-electron chi connectivity index (χ4n) is 1.73. The Kier molecular flexibility index (Phi) is 5.90. The van der Waals surface area contributed by atoms with E-state index in [-0.39, 0.29) is 25.3 Å². The highest BCUT2D eigenvalue weighted by molar-refractivity contribution is 7.89. The van der Waals surface area contributed by atoms with E-state index < -0.39 is 27.9 Å². The van der Waals surface area contributed by atoms with Gasteiger partial charge in [0.05, 0.1) is 19.0 Å². The number of nitrogens with zero attached hydrogens (tertiary/aromatic N) is 2. The molecule has 0 saturated carbocycles. The first kappa shape index (κ1) is 16.9. The summed E-state index contributed by atoms with van der Waals surface area (Å²) >= 11 is 0. The number of likely N-dealkylation sites (N-methyl/N-ethyl adjacent to an activating group) is 1. The van der Waals surface area contributed by atoms with Gasteiger partial charge in [0.15, 0.2) is 0 Å². The lowest BCUT2D eigenvalue weighted by molar-refractivity contribution is -0.148. The fourth-order valence-corrected chi connectivity index (χ4v) is 3.12. The number of sulfonamides is 1. The van der Waals surface area contributed by atoms with Crippen molar-refractivity contribution in [2.75, 3.05) is 39.1 Å². The number of aliphatic carboxylic acids is 1. The second kappa shape index (κ2) is 7.00. The van der Waals surface area contributed by atoms with Crippen LogP contribution in [0.1, 0.15) is 13.3 Å². The third-order valence-electron chi connectivity index (χ3n) is 3.27. The predicted molar refractivity (Wildman–Crippen MR) is 70.7 cm³/mol. The molecule has 1 N–H and O–H groups in total. The molecule has 0 radical (unpaired) electrons. The topological polar surface area (TPSA) is 104 Å². The molecule has 1 heterocycles. The lowest BCUT2D eigenvalue weighted by Crippen LogP contribution is -2.44. The number of amides is 1. The van der Waals surface area contributed by atoms with Crippen LogP contribution in [0.5, 0.6) is 0 Å². The van der Waals surface area contributed by atoms with E-state index in [1.54, 1.807) is 0 Å². The van der Waals surface area contributed by atoms with Gasteiger partial charge in [-0.2, -0.15) is 4.31 Å². The van der Waals surface area contributed by atoms with Crippen LogP contribution < -0.4 is 0 Å². The molecule has 0 aliphatic carbocycles. The number of carbonyl (C=O) groups excluding carboxylic acids is 1. The van der Waals surface area contributed by atoms with Crippen molar-refractivity contribution in [2.24, 2.45) is 0 Å². The maximum Gasteiger partial charge on any atom is 0.326 e. The van der Waals surface area contributed by atoms with Crippen LogP contribution in [0.15, 0.2) is 0 Å². The van der Waals surface area contributed by atoms with Gasteiger partial charge in [0.1, 0.15) is 6.04 Å². The van der Waals surface area contributed by atoms with Gasteiger partial charge >= 0.3 is 5.97 Å². The third kappa shape index (κ3) is 4.43. The number of hydrogen-bond acceptors (Lipinski definition) is 5. The molecule has 0 aromatic rings. The molecule has 1 amide bonds. The Labute approximate surface area is 118 Å². The van der Waals surface area contributed by atoms with Crippen molar-refractivity contribution >= 4 is 21.9 Å². The zero-order valence-corrected chi connectivity index (χ0v) is 12.4. The van der Waals surface area contributed by atoms with Crippen molar-refractivity contribution in [3.63, 3.8) is 0 Å². The summed E-state index contributed by atoms with van der Waals surface area (Å²) in [5.74, 6) is -1.95. The quantitative estimate of drug-likeness (QED) is 0.673. The summed E-state index contributed by atoms with van der Waals surface area (Å²) < 4.78 is 30.4. The molecular formula is C11H20N2O6S. The zero-order valence-electron chi connectivity index (χ0n) is 11.6. The Bertz CT molecular complexity index is 458. The fraction of sp³-hybridized carbons (Fsp3) is 0.818. The predicted octanol–water partition coefficient (Wildman–Crippen LogP) is -1.03. The van der Waals surface area contributed by atoms with Gasteiger partial charge < -0.3 is 14.7 Å². The molecule has 1 atom stereocenters. The van der Waals surface area contributed by atoms with Gasteiger partial charge in [0.25, 0.3) is 0 Å². The van der Waals surface area contributed by atoms with Crippen molar-refractivity contribution < 1.29 is 27.9 Å². The van der Waals surface area contributed by atoms with Gasteiger partial charge in [-0.15, -0.1) is 0 Å². The summed E-state index contributed by atoms with van der Waals surface area (Å²) in [5, 5.41) is 8.80. The molecular weight excluding hydrogens is 288 g/mol. The monoisotopic (exact) mass is 308 g/mol. The molecule has 1 aliphatic rings. The first-order valence-corrected chi connectivity index (χ1v) is 7.90. The van der Waals surface area contributed by atoms with Crippen molar-refractivity contribution in [1.82, 2.24) is 9.21 Å². The lowest BCUT2D eigenvalue weighted by atomic mass is 10.3. The molecule has 0 aromatic carbocycles. The summed E-state index contributed by atoms with van der Waals surface area (Å²) in [7, 11) is -2.15. The molecule has 1 unspecified atom stereocenters. The molecule has 1 aliphatic heterocycles. The number of carboxylic acids is 1. The summed E-state index contributed by atoms with van der Waals surface area (Å²) in [6, 6.07) is -0.978. The standard InChI is InChI=1S/C11H20N2O6S/c1-9(11(15)16)12(2)10(14)3-8-20(17,18)13-4-6-19-7-5-13/h9H,3-8H2,1-2H3,(H,15,16). The number of ether oxygens (including phenoxy) is 1. The van der Waals surface area contributed by atoms with Crippen molar-refractivity contribution in [2.45, 2.75) is 19.4 Å². The highest BCUT2D eigenvalue weighted by Gasteiger charge is 2.27. The van der Waals surface area contributed by atoms with E-state index in [1.165, 1.54) is 18.3 Å². The molecule has 116 valence electrons. The van der Waals surface area contributed by atoms with Crippen LogP contribution >= 0.6 is 0 Å². The van der Waals surface area contributed by atoms with Crippen LogP contribution in [0.4, 0.5) is 0 Å². The Balaban J connectivity index is 2.53. The molecule has 20 heavy (non-hydrogen) atoms. The van der Waals surface area contributed by atoms with Crippen LogP contribution in [0.3, 0.4) is 0 Å². The first-order valence-electron chi connectivity index (χ1n) is 6.29. The normalized spacial score (nSPS) is 18.5. The highest BCUT2D eigenvalue weighted by atomic mass is 32.2. The van der Waals surface area contributed by atoms with Crippen molar-refractivity contribution in [1.29, 1.82) is 0 Å². The van der Waals surface area contributed by atoms with Gasteiger partial charge in [0, 0.05) is 26.6 Å². The van der Waals surface area contributed by atoms with Crippen LogP contribution in [-0.4, -0.2) is 79.8 Å². The zero-order chi connectivity index (χ0) is 15.3. The second-order valence-electron chi connectivity index (χ2n) is 4.60. The maximum absolute atomic E-state index is 12.0. The number of rotatable bonds is 6. The Hall–Kier alpha value is -1.19. The van der Waals surface area contributed by atoms with E-state index >= 15 is 0 Å². The Morgan fingerprint density at radius 2 is 1.90 bits per heavy atom. The van der Waals surface area contributed by atoms with Crippen LogP contribution in [0, 0.1) is 0 Å². The summed E-state index contributed by atoms with van der Waals surface area (Å²) in [6.07, 6.45) is -0.228. The number of morpholine rings is 1. The Morgan fingerprint density at radius 3 is 2.40 bits per heavy atom. The van der Waals surface area contributed by atoms with E-state index in [2.05, 4.69) is 0 Å². The first-order chi connectivity index (χ1) is 9.25. The van der Waals surface area contributed by atoms with Gasteiger partial charge in [0.2, 0.25) is 15.9 Å². The number of carbonyl (C=O) groups is 2. The average Bonchev–Trinajstić information content (AvgIpc) is 2.44. The molecule has 8 nitrogen and oxygen atoms in total. The molecule has 0 bridgehead atoms. The molecule has 1 fully saturated rings. The lowest BCUT2D eigenvalue weighted by Gasteiger charge is -2.26. The van der Waals surface area contributed by atoms with E-state index in [0.717, 1.165) is 4.90 Å². The van der Waals surface area contributed by atoms with E-state index in [4.69, 9.17) is 9.84 Å². The van der Waals surface area contributed by atoms with Gasteiger partial charge in [-0.1, -0.05) is 0 Å². The average molecular weight is 308 g/mol. The van der Waals surface area contributed by atoms with Crippen LogP contribution in [0.2, 0.25) is 0 Å². The van der Waals surface area contributed by atoms with Gasteiger partial charge in [-0.3, -0.25) is 4.79 Å². The summed E-state index contributed by atoms with van der Waals surface area (Å²) in [4.78, 5) is 23.6. The molecule has 9 heteroatoms. The third-order valence-corrected chi connectivity index (χ3v) is 5.14. The SMILES string of the molecule is CC(C(=O)O)N(C)C(=O)CCS(=O)(=O)N1CCOCC1. The largest absolute Gasteiger partial charge is 0.480 e. The highest BCUT2D eigenvalue weighted by Crippen LogP contribution is 2.08. The van der Waals surface area contributed by atoms with Crippen molar-refractivity contribution in [3.05, 3.63) is 0 Å². The van der Waals surface area contributed by atoms with Crippen LogP contribution in [0.25, 0.3) is 0 Å². The van der Waals surface area contributed by atoms with E-state index in [1.807, 2.05) is 0 Å². The molecule has 1 rings (SSSR count). The molecule has 1 saturated heterocycles. The maximum atomic E-state index is 12.0. The van der Waals surface area contributed by atoms with E-state index in [9.17, 15) is 18.0 Å². The molecule has 0 spiro atoms. The smallest absolute Gasteiger partial charge is 0.326 e. The number of carboxylic acid groups (broad SMARTS) is 1. The van der Waals surface area contributed by atoms with Crippen molar-refractivity contribution in [3.8, 4) is 0 Å². The molecule has 0 aromatic heterocycles. The summed E-state index contributed by atoms with van der Waals surface area (Å²) in [5.41, 5.74) is 0. The second-order valence-corrected chi connectivity index (χ2v) is 6.68. The minimum atomic E-state index is -3.50. The Morgan fingerprint density at radius 1 is 1.35 bits per heavy atom. The minimum Gasteiger partial charge on any atom is -0.480 e. The van der Waals surface area contributed by atoms with E-state index in [0.29, 0.717) is 13.2 Å².